The SMILES string of the molecule is CC(C)(C)OC(=O)N1CCCC(c2c(F)cc(C(N)=O)c3[nH]c4c(c23)CC2(CC4)CC2)C1. The van der Waals surface area contributed by atoms with E-state index in [4.69, 9.17) is 10.5 Å². The first-order valence-corrected chi connectivity index (χ1v) is 11.7. The summed E-state index contributed by atoms with van der Waals surface area (Å²) in [4.78, 5) is 30.0. The summed E-state index contributed by atoms with van der Waals surface area (Å²) >= 11 is 0. The highest BCUT2D eigenvalue weighted by atomic mass is 19.1. The van der Waals surface area contributed by atoms with Gasteiger partial charge in [0, 0.05) is 35.7 Å². The Labute approximate surface area is 187 Å². The number of piperidine rings is 1. The van der Waals surface area contributed by atoms with Gasteiger partial charge in [-0.2, -0.15) is 0 Å². The number of halogens is 1. The summed E-state index contributed by atoms with van der Waals surface area (Å²) in [6.45, 7) is 6.54. The summed E-state index contributed by atoms with van der Waals surface area (Å²) in [5, 5.41) is 0.829. The lowest BCUT2D eigenvalue weighted by Crippen LogP contribution is -2.42. The molecule has 2 aliphatic carbocycles. The van der Waals surface area contributed by atoms with E-state index in [0.717, 1.165) is 48.7 Å². The second-order valence-electron chi connectivity index (χ2n) is 11.0. The van der Waals surface area contributed by atoms with E-state index in [9.17, 15) is 9.59 Å². The van der Waals surface area contributed by atoms with E-state index in [1.807, 2.05) is 20.8 Å². The molecule has 1 unspecified atom stereocenters. The Kier molecular flexibility index (Phi) is 4.80. The highest BCUT2D eigenvalue weighted by Gasteiger charge is 2.46. The number of fused-ring (bicyclic) bond motifs is 3. The van der Waals surface area contributed by atoms with E-state index in [1.165, 1.54) is 18.9 Å². The molecule has 172 valence electrons. The van der Waals surface area contributed by atoms with E-state index in [-0.39, 0.29) is 17.6 Å². The zero-order valence-electron chi connectivity index (χ0n) is 19.1. The number of aromatic amines is 1. The lowest BCUT2D eigenvalue weighted by molar-refractivity contribution is 0.0197. The molecule has 0 bridgehead atoms. The van der Waals surface area contributed by atoms with E-state index in [1.54, 1.807) is 4.90 Å². The highest BCUT2D eigenvalue weighted by molar-refractivity contribution is 6.07. The zero-order chi connectivity index (χ0) is 22.8. The summed E-state index contributed by atoms with van der Waals surface area (Å²) in [6.07, 6.45) is 6.58. The summed E-state index contributed by atoms with van der Waals surface area (Å²) in [6, 6.07) is 1.28. The van der Waals surface area contributed by atoms with Crippen molar-refractivity contribution in [1.82, 2.24) is 9.88 Å². The van der Waals surface area contributed by atoms with Crippen molar-refractivity contribution in [2.24, 2.45) is 11.1 Å². The molecule has 3 aliphatic rings. The number of aryl methyl sites for hydroxylation is 1. The number of carbonyl (C=O) groups excluding carboxylic acids is 2. The van der Waals surface area contributed by atoms with Crippen molar-refractivity contribution in [3.05, 3.63) is 34.3 Å². The molecule has 1 aromatic carbocycles. The number of benzene rings is 1. The molecule has 1 atom stereocenters. The minimum absolute atomic E-state index is 0.155. The van der Waals surface area contributed by atoms with Gasteiger partial charge in [-0.25, -0.2) is 9.18 Å². The molecule has 6 nitrogen and oxygen atoms in total. The number of nitrogens with two attached hydrogens (primary N) is 1. The summed E-state index contributed by atoms with van der Waals surface area (Å²) in [5.74, 6) is -1.18. The van der Waals surface area contributed by atoms with Crippen LogP contribution >= 0.6 is 0 Å². The molecule has 5 rings (SSSR count). The molecule has 1 aliphatic heterocycles. The van der Waals surface area contributed by atoms with Crippen LogP contribution in [0.1, 0.15) is 86.0 Å². The lowest BCUT2D eigenvalue weighted by atomic mass is 9.80. The Bertz CT molecular complexity index is 1110. The van der Waals surface area contributed by atoms with E-state index in [2.05, 4.69) is 4.98 Å². The second-order valence-corrected chi connectivity index (χ2v) is 11.0. The van der Waals surface area contributed by atoms with Gasteiger partial charge in [0.05, 0.1) is 11.1 Å². The number of nitrogens with one attached hydrogen (secondary N) is 1. The number of carbonyl (C=O) groups is 2. The number of likely N-dealkylation sites (tertiary alicyclic amines) is 1. The summed E-state index contributed by atoms with van der Waals surface area (Å²) in [5.41, 5.74) is 9.13. The minimum Gasteiger partial charge on any atom is -0.444 e. The standard InChI is InChI=1S/C25H32FN3O3/c1-24(2,3)32-23(31)29-10-4-5-14(13-29)19-17(26)11-15(22(27)30)21-20(19)16-12-25(8-9-25)7-6-18(16)28-21/h11,14,28H,4-10,12-13H2,1-3H3,(H2,27,30). The molecule has 0 radical (unpaired) electrons. The van der Waals surface area contributed by atoms with Crippen molar-refractivity contribution in [1.29, 1.82) is 0 Å². The van der Waals surface area contributed by atoms with Crippen LogP contribution in [-0.2, 0) is 17.6 Å². The Morgan fingerprint density at radius 2 is 2.03 bits per heavy atom. The van der Waals surface area contributed by atoms with Gasteiger partial charge in [0.25, 0.3) is 5.91 Å². The highest BCUT2D eigenvalue weighted by Crippen LogP contribution is 2.56. The third-order valence-electron chi connectivity index (χ3n) is 7.42. The van der Waals surface area contributed by atoms with Crippen LogP contribution in [0.3, 0.4) is 0 Å². The fraction of sp³-hybridized carbons (Fsp3) is 0.600. The molecule has 1 aromatic heterocycles. The van der Waals surface area contributed by atoms with Crippen LogP contribution in [0.4, 0.5) is 9.18 Å². The Morgan fingerprint density at radius 3 is 2.69 bits per heavy atom. The Morgan fingerprint density at radius 1 is 1.28 bits per heavy atom. The predicted molar refractivity (Wildman–Crippen MR) is 120 cm³/mol. The van der Waals surface area contributed by atoms with Crippen molar-refractivity contribution in [3.8, 4) is 0 Å². The van der Waals surface area contributed by atoms with Crippen molar-refractivity contribution in [2.45, 2.75) is 77.2 Å². The van der Waals surface area contributed by atoms with Crippen LogP contribution in [0.5, 0.6) is 0 Å². The first kappa shape index (κ1) is 21.3. The number of rotatable bonds is 2. The van der Waals surface area contributed by atoms with Gasteiger partial charge in [0.15, 0.2) is 0 Å². The van der Waals surface area contributed by atoms with Crippen molar-refractivity contribution in [2.75, 3.05) is 13.1 Å². The van der Waals surface area contributed by atoms with Gasteiger partial charge in [0.1, 0.15) is 11.4 Å². The average molecular weight is 442 g/mol. The number of nitrogens with zero attached hydrogens (tertiary/aromatic N) is 1. The largest absolute Gasteiger partial charge is 0.444 e. The fourth-order valence-electron chi connectivity index (χ4n) is 5.65. The number of amides is 2. The number of primary amides is 1. The van der Waals surface area contributed by atoms with E-state index >= 15 is 4.39 Å². The molecule has 1 saturated carbocycles. The maximum absolute atomic E-state index is 15.6. The van der Waals surface area contributed by atoms with Crippen LogP contribution in [0.15, 0.2) is 6.07 Å². The number of H-pyrrole nitrogens is 1. The van der Waals surface area contributed by atoms with Gasteiger partial charge >= 0.3 is 6.09 Å². The van der Waals surface area contributed by atoms with Crippen LogP contribution in [0.25, 0.3) is 10.9 Å². The quantitative estimate of drug-likeness (QED) is 0.702. The molecule has 2 heterocycles. The van der Waals surface area contributed by atoms with Gasteiger partial charge < -0.3 is 20.4 Å². The number of ether oxygens (including phenoxy) is 1. The number of hydrogen-bond donors (Lipinski definition) is 2. The maximum atomic E-state index is 15.6. The molecular formula is C25H32FN3O3. The molecule has 2 fully saturated rings. The van der Waals surface area contributed by atoms with Gasteiger partial charge in [-0.15, -0.1) is 0 Å². The lowest BCUT2D eigenvalue weighted by Gasteiger charge is -2.35. The van der Waals surface area contributed by atoms with Crippen molar-refractivity contribution in [3.63, 3.8) is 0 Å². The molecular weight excluding hydrogens is 409 g/mol. The van der Waals surface area contributed by atoms with Crippen LogP contribution in [-0.4, -0.2) is 40.6 Å². The third kappa shape index (κ3) is 3.65. The van der Waals surface area contributed by atoms with Crippen LogP contribution in [0.2, 0.25) is 0 Å². The molecule has 3 N–H and O–H groups in total. The smallest absolute Gasteiger partial charge is 0.410 e. The monoisotopic (exact) mass is 441 g/mol. The van der Waals surface area contributed by atoms with Crippen LogP contribution < -0.4 is 5.73 Å². The van der Waals surface area contributed by atoms with Gasteiger partial charge in [0.2, 0.25) is 0 Å². The van der Waals surface area contributed by atoms with Gasteiger partial charge in [-0.05, 0) is 82.8 Å². The molecule has 7 heteroatoms. The van der Waals surface area contributed by atoms with Crippen molar-refractivity contribution < 1.29 is 18.7 Å². The molecule has 2 amide bonds. The average Bonchev–Trinajstić information content (AvgIpc) is 3.36. The normalized spacial score (nSPS) is 22.1. The summed E-state index contributed by atoms with van der Waals surface area (Å²) < 4.78 is 21.2. The molecule has 32 heavy (non-hydrogen) atoms. The molecule has 2 aromatic rings. The predicted octanol–water partition coefficient (Wildman–Crippen LogP) is 4.79. The minimum atomic E-state index is -0.626. The zero-order valence-corrected chi connectivity index (χ0v) is 19.1. The maximum Gasteiger partial charge on any atom is 0.410 e. The number of hydrogen-bond acceptors (Lipinski definition) is 3. The fourth-order valence-corrected chi connectivity index (χ4v) is 5.65. The first-order valence-electron chi connectivity index (χ1n) is 11.7. The third-order valence-corrected chi connectivity index (χ3v) is 7.42. The summed E-state index contributed by atoms with van der Waals surface area (Å²) in [7, 11) is 0. The first-order chi connectivity index (χ1) is 15.1. The second kappa shape index (κ2) is 7.22. The van der Waals surface area contributed by atoms with E-state index < -0.39 is 17.3 Å². The molecule has 1 spiro atoms. The van der Waals surface area contributed by atoms with Gasteiger partial charge in [-0.3, -0.25) is 4.79 Å². The van der Waals surface area contributed by atoms with Crippen molar-refractivity contribution >= 4 is 22.9 Å². The Balaban J connectivity index is 1.58. The van der Waals surface area contributed by atoms with Crippen LogP contribution in [0, 0.1) is 11.2 Å². The molecule has 1 saturated heterocycles. The topological polar surface area (TPSA) is 88.4 Å². The van der Waals surface area contributed by atoms with Gasteiger partial charge in [-0.1, -0.05) is 0 Å². The van der Waals surface area contributed by atoms with E-state index in [0.29, 0.717) is 29.6 Å². The number of aromatic nitrogens is 1. The Hall–Kier alpha value is -2.57.